The molecule has 1 aliphatic carbocycles. The quantitative estimate of drug-likeness (QED) is 0.888. The van der Waals surface area contributed by atoms with Gasteiger partial charge in [0.15, 0.2) is 5.69 Å². The summed E-state index contributed by atoms with van der Waals surface area (Å²) < 4.78 is 5.45. The molecule has 1 saturated carbocycles. The highest BCUT2D eigenvalue weighted by Crippen LogP contribution is 2.59. The third kappa shape index (κ3) is 3.44. The summed E-state index contributed by atoms with van der Waals surface area (Å²) in [5.74, 6) is -0.0566. The van der Waals surface area contributed by atoms with Crippen LogP contribution < -0.4 is 0 Å². The van der Waals surface area contributed by atoms with Crippen LogP contribution in [-0.2, 0) is 16.0 Å². The van der Waals surface area contributed by atoms with Crippen LogP contribution in [0.25, 0.3) is 0 Å². The lowest BCUT2D eigenvalue weighted by Crippen LogP contribution is -2.42. The van der Waals surface area contributed by atoms with Gasteiger partial charge in [-0.05, 0) is 43.4 Å². The van der Waals surface area contributed by atoms with Crippen molar-refractivity contribution in [3.05, 3.63) is 16.1 Å². The Hall–Kier alpha value is -1.47. The van der Waals surface area contributed by atoms with Gasteiger partial charge in [0, 0.05) is 44.0 Å². The number of aromatic carboxylic acids is 1. The number of thiazole rings is 1. The molecule has 1 aromatic rings. The molecule has 7 heteroatoms. The summed E-state index contributed by atoms with van der Waals surface area (Å²) in [6.45, 7) is 3.23. The monoisotopic (exact) mass is 364 g/mol. The van der Waals surface area contributed by atoms with Crippen LogP contribution in [-0.4, -0.2) is 53.2 Å². The fourth-order valence-electron chi connectivity index (χ4n) is 4.43. The van der Waals surface area contributed by atoms with Crippen LogP contribution in [0.15, 0.2) is 5.38 Å². The fourth-order valence-corrected chi connectivity index (χ4v) is 5.31. The zero-order valence-corrected chi connectivity index (χ0v) is 15.1. The number of carboxylic acids is 1. The summed E-state index contributed by atoms with van der Waals surface area (Å²) in [4.78, 5) is 30.1. The smallest absolute Gasteiger partial charge is 0.355 e. The molecule has 0 aromatic carbocycles. The molecule has 0 radical (unpaired) electrons. The Morgan fingerprint density at radius 3 is 2.92 bits per heavy atom. The highest BCUT2D eigenvalue weighted by molar-refractivity contribution is 7.09. The molecule has 6 nitrogen and oxygen atoms in total. The Kier molecular flexibility index (Phi) is 4.54. The van der Waals surface area contributed by atoms with E-state index in [-0.39, 0.29) is 17.0 Å². The van der Waals surface area contributed by atoms with Crippen LogP contribution in [0, 0.1) is 17.3 Å². The summed E-state index contributed by atoms with van der Waals surface area (Å²) in [5.41, 5.74) is 0.358. The molecular weight excluding hydrogens is 340 g/mol. The molecular formula is C18H24N2O4S. The third-order valence-corrected chi connectivity index (χ3v) is 6.91. The first kappa shape index (κ1) is 17.0. The third-order valence-electron chi connectivity index (χ3n) is 6.04. The summed E-state index contributed by atoms with van der Waals surface area (Å²) >= 11 is 1.41. The zero-order chi connectivity index (χ0) is 17.4. The molecule has 1 spiro atoms. The number of rotatable bonds is 4. The van der Waals surface area contributed by atoms with Gasteiger partial charge in [-0.25, -0.2) is 9.78 Å². The van der Waals surface area contributed by atoms with E-state index in [1.807, 2.05) is 0 Å². The summed E-state index contributed by atoms with van der Waals surface area (Å²) in [6, 6.07) is 0. The van der Waals surface area contributed by atoms with E-state index >= 15 is 0 Å². The largest absolute Gasteiger partial charge is 0.476 e. The maximum absolute atomic E-state index is 12.9. The highest BCUT2D eigenvalue weighted by atomic mass is 32.1. The number of nitrogens with zero attached hydrogens (tertiary/aromatic N) is 2. The number of ether oxygens (including phenoxy) is 1. The molecule has 136 valence electrons. The minimum atomic E-state index is -0.974. The molecule has 0 bridgehead atoms. The number of piperidine rings is 1. The maximum Gasteiger partial charge on any atom is 0.355 e. The Bertz CT molecular complexity index is 668. The SMILES string of the molecule is O=C(O)c1csc(CC2CCCN(C(=O)C3CC34CCOCC4)C2)n1. The maximum atomic E-state index is 12.9. The van der Waals surface area contributed by atoms with E-state index in [1.165, 1.54) is 11.3 Å². The number of hydrogen-bond donors (Lipinski definition) is 1. The molecule has 1 N–H and O–H groups in total. The van der Waals surface area contributed by atoms with Gasteiger partial charge in [0.1, 0.15) is 0 Å². The van der Waals surface area contributed by atoms with Crippen LogP contribution in [0.5, 0.6) is 0 Å². The van der Waals surface area contributed by atoms with Crippen molar-refractivity contribution in [3.63, 3.8) is 0 Å². The van der Waals surface area contributed by atoms with E-state index in [1.54, 1.807) is 5.38 Å². The zero-order valence-electron chi connectivity index (χ0n) is 14.3. The first-order chi connectivity index (χ1) is 12.1. The number of amides is 1. The second-order valence-electron chi connectivity index (χ2n) is 7.66. The lowest BCUT2D eigenvalue weighted by atomic mass is 9.91. The van der Waals surface area contributed by atoms with E-state index in [0.29, 0.717) is 11.8 Å². The highest BCUT2D eigenvalue weighted by Gasteiger charge is 2.59. The second kappa shape index (κ2) is 6.68. The van der Waals surface area contributed by atoms with Crippen LogP contribution in [0.1, 0.15) is 47.6 Å². The van der Waals surface area contributed by atoms with Crippen molar-refractivity contribution >= 4 is 23.2 Å². The average Bonchev–Trinajstić information content (AvgIpc) is 3.08. The molecule has 1 aromatic heterocycles. The van der Waals surface area contributed by atoms with Crippen molar-refractivity contribution in [2.45, 2.75) is 38.5 Å². The van der Waals surface area contributed by atoms with E-state index in [4.69, 9.17) is 9.84 Å². The van der Waals surface area contributed by atoms with Gasteiger partial charge in [-0.3, -0.25) is 4.79 Å². The number of carbonyl (C=O) groups excluding carboxylic acids is 1. The fraction of sp³-hybridized carbons (Fsp3) is 0.722. The molecule has 2 unspecified atom stereocenters. The standard InChI is InChI=1S/C18H24N2O4S/c21-16(13-9-18(13)3-6-24-7-4-18)20-5-1-2-12(10-20)8-15-19-14(11-25-15)17(22)23/h11-13H,1-10H2,(H,22,23). The Balaban J connectivity index is 1.34. The molecule has 1 amide bonds. The van der Waals surface area contributed by atoms with Crippen LogP contribution >= 0.6 is 11.3 Å². The lowest BCUT2D eigenvalue weighted by Gasteiger charge is -2.33. The van der Waals surface area contributed by atoms with Gasteiger partial charge in [0.05, 0.1) is 5.01 Å². The van der Waals surface area contributed by atoms with Gasteiger partial charge >= 0.3 is 5.97 Å². The van der Waals surface area contributed by atoms with Crippen LogP contribution in [0.4, 0.5) is 0 Å². The van der Waals surface area contributed by atoms with Gasteiger partial charge in [-0.1, -0.05) is 0 Å². The summed E-state index contributed by atoms with van der Waals surface area (Å²) in [5, 5.41) is 11.5. The summed E-state index contributed by atoms with van der Waals surface area (Å²) in [6.07, 6.45) is 5.96. The topological polar surface area (TPSA) is 79.7 Å². The van der Waals surface area contributed by atoms with Gasteiger partial charge in [0.25, 0.3) is 0 Å². The van der Waals surface area contributed by atoms with E-state index in [0.717, 1.165) is 69.8 Å². The van der Waals surface area contributed by atoms with Crippen molar-refractivity contribution in [2.75, 3.05) is 26.3 Å². The number of carboxylic acid groups (broad SMARTS) is 1. The molecule has 3 aliphatic rings. The van der Waals surface area contributed by atoms with Gasteiger partial charge < -0.3 is 14.7 Å². The Morgan fingerprint density at radius 1 is 1.40 bits per heavy atom. The second-order valence-corrected chi connectivity index (χ2v) is 8.60. The number of aromatic nitrogens is 1. The van der Waals surface area contributed by atoms with Gasteiger partial charge in [-0.2, -0.15) is 0 Å². The molecule has 2 aliphatic heterocycles. The van der Waals surface area contributed by atoms with Crippen LogP contribution in [0.3, 0.4) is 0 Å². The van der Waals surface area contributed by atoms with Gasteiger partial charge in [-0.15, -0.1) is 11.3 Å². The van der Waals surface area contributed by atoms with Crippen molar-refractivity contribution < 1.29 is 19.4 Å². The van der Waals surface area contributed by atoms with E-state index < -0.39 is 5.97 Å². The van der Waals surface area contributed by atoms with Crippen molar-refractivity contribution in [1.82, 2.24) is 9.88 Å². The minimum Gasteiger partial charge on any atom is -0.476 e. The lowest BCUT2D eigenvalue weighted by molar-refractivity contribution is -0.135. The number of likely N-dealkylation sites (tertiary alicyclic amines) is 1. The molecule has 4 rings (SSSR count). The Labute approximate surface area is 151 Å². The molecule has 3 fully saturated rings. The van der Waals surface area contributed by atoms with E-state index in [2.05, 4.69) is 9.88 Å². The molecule has 2 atom stereocenters. The Morgan fingerprint density at radius 2 is 2.20 bits per heavy atom. The first-order valence-corrected chi connectivity index (χ1v) is 10.00. The normalized spacial score (nSPS) is 28.1. The predicted molar refractivity (Wildman–Crippen MR) is 92.7 cm³/mol. The first-order valence-electron chi connectivity index (χ1n) is 9.12. The molecule has 25 heavy (non-hydrogen) atoms. The van der Waals surface area contributed by atoms with Gasteiger partial charge in [0.2, 0.25) is 5.91 Å². The molecule has 3 heterocycles. The van der Waals surface area contributed by atoms with E-state index in [9.17, 15) is 9.59 Å². The predicted octanol–water partition coefficient (Wildman–Crippen LogP) is 2.44. The van der Waals surface area contributed by atoms with Crippen molar-refractivity contribution in [3.8, 4) is 0 Å². The minimum absolute atomic E-state index is 0.128. The van der Waals surface area contributed by atoms with Crippen LogP contribution in [0.2, 0.25) is 0 Å². The molecule has 2 saturated heterocycles. The van der Waals surface area contributed by atoms with Crippen molar-refractivity contribution in [2.24, 2.45) is 17.3 Å². The average molecular weight is 364 g/mol. The summed E-state index contributed by atoms with van der Waals surface area (Å²) in [7, 11) is 0. The number of hydrogen-bond acceptors (Lipinski definition) is 5. The number of carbonyl (C=O) groups is 2. The van der Waals surface area contributed by atoms with Crippen molar-refractivity contribution in [1.29, 1.82) is 0 Å².